The molecule has 0 aromatic heterocycles. The Labute approximate surface area is 110 Å². The Morgan fingerprint density at radius 2 is 2.35 bits per heavy atom. The second kappa shape index (κ2) is 5.65. The first-order valence-corrected chi connectivity index (χ1v) is 6.70. The van der Waals surface area contributed by atoms with Crippen LogP contribution in [0.5, 0.6) is 0 Å². The SMILES string of the molecule is CNC1CCCN(Cc2cccc(Br)c2)C1=O. The minimum Gasteiger partial charge on any atom is -0.337 e. The molecule has 1 atom stereocenters. The third-order valence-electron chi connectivity index (χ3n) is 3.14. The summed E-state index contributed by atoms with van der Waals surface area (Å²) in [5.41, 5.74) is 1.17. The highest BCUT2D eigenvalue weighted by Crippen LogP contribution is 2.17. The number of carbonyl (C=O) groups is 1. The zero-order chi connectivity index (χ0) is 12.3. The fourth-order valence-electron chi connectivity index (χ4n) is 2.22. The Kier molecular flexibility index (Phi) is 4.18. The molecule has 1 heterocycles. The van der Waals surface area contributed by atoms with Crippen molar-refractivity contribution in [2.45, 2.75) is 25.4 Å². The summed E-state index contributed by atoms with van der Waals surface area (Å²) < 4.78 is 1.06. The van der Waals surface area contributed by atoms with Crippen molar-refractivity contribution in [3.63, 3.8) is 0 Å². The predicted molar refractivity (Wildman–Crippen MR) is 71.6 cm³/mol. The molecule has 1 unspecified atom stereocenters. The Morgan fingerprint density at radius 1 is 1.53 bits per heavy atom. The number of likely N-dealkylation sites (tertiary alicyclic amines) is 1. The number of amides is 1. The van der Waals surface area contributed by atoms with E-state index in [4.69, 9.17) is 0 Å². The van der Waals surface area contributed by atoms with Gasteiger partial charge in [0.1, 0.15) is 0 Å². The Balaban J connectivity index is 2.05. The van der Waals surface area contributed by atoms with Gasteiger partial charge in [0, 0.05) is 17.6 Å². The number of carbonyl (C=O) groups excluding carboxylic acids is 1. The van der Waals surface area contributed by atoms with Crippen LogP contribution in [0.3, 0.4) is 0 Å². The third-order valence-corrected chi connectivity index (χ3v) is 3.63. The van der Waals surface area contributed by atoms with Crippen molar-refractivity contribution in [3.05, 3.63) is 34.3 Å². The fourth-order valence-corrected chi connectivity index (χ4v) is 2.67. The molecule has 3 nitrogen and oxygen atoms in total. The lowest BCUT2D eigenvalue weighted by Crippen LogP contribution is -2.49. The number of hydrogen-bond acceptors (Lipinski definition) is 2. The van der Waals surface area contributed by atoms with Gasteiger partial charge in [-0.3, -0.25) is 4.79 Å². The molecule has 1 aromatic rings. The minimum absolute atomic E-state index is 0.00379. The van der Waals surface area contributed by atoms with Crippen molar-refractivity contribution in [2.24, 2.45) is 0 Å². The summed E-state index contributed by atoms with van der Waals surface area (Å²) in [5, 5.41) is 3.08. The molecule has 92 valence electrons. The fraction of sp³-hybridized carbons (Fsp3) is 0.462. The van der Waals surface area contributed by atoms with Gasteiger partial charge in [-0.05, 0) is 37.6 Å². The van der Waals surface area contributed by atoms with Gasteiger partial charge in [-0.15, -0.1) is 0 Å². The highest BCUT2D eigenvalue weighted by molar-refractivity contribution is 9.10. The van der Waals surface area contributed by atoms with E-state index in [-0.39, 0.29) is 11.9 Å². The van der Waals surface area contributed by atoms with E-state index in [1.807, 2.05) is 24.1 Å². The molecular weight excluding hydrogens is 280 g/mol. The van der Waals surface area contributed by atoms with E-state index >= 15 is 0 Å². The molecule has 0 aliphatic carbocycles. The van der Waals surface area contributed by atoms with Gasteiger partial charge in [0.25, 0.3) is 0 Å². The Bertz CT molecular complexity index is 408. The van der Waals surface area contributed by atoms with E-state index < -0.39 is 0 Å². The number of halogens is 1. The molecule has 1 fully saturated rings. The maximum atomic E-state index is 12.1. The van der Waals surface area contributed by atoms with Crippen molar-refractivity contribution < 1.29 is 4.79 Å². The molecule has 1 aliphatic rings. The smallest absolute Gasteiger partial charge is 0.239 e. The summed E-state index contributed by atoms with van der Waals surface area (Å²) in [6.45, 7) is 1.57. The summed E-state index contributed by atoms with van der Waals surface area (Å²) in [5.74, 6) is 0.221. The van der Waals surface area contributed by atoms with Gasteiger partial charge in [-0.2, -0.15) is 0 Å². The number of benzene rings is 1. The minimum atomic E-state index is -0.00379. The average molecular weight is 297 g/mol. The van der Waals surface area contributed by atoms with Crippen LogP contribution in [0.1, 0.15) is 18.4 Å². The van der Waals surface area contributed by atoms with Gasteiger partial charge in [0.2, 0.25) is 5.91 Å². The second-order valence-electron chi connectivity index (χ2n) is 4.37. The number of hydrogen-bond donors (Lipinski definition) is 1. The van der Waals surface area contributed by atoms with Crippen LogP contribution in [-0.4, -0.2) is 30.4 Å². The number of nitrogens with one attached hydrogen (secondary N) is 1. The van der Waals surface area contributed by atoms with Crippen LogP contribution in [0.25, 0.3) is 0 Å². The summed E-state index contributed by atoms with van der Waals surface area (Å²) in [6.07, 6.45) is 2.02. The summed E-state index contributed by atoms with van der Waals surface area (Å²) in [4.78, 5) is 14.0. The van der Waals surface area contributed by atoms with Crippen molar-refractivity contribution >= 4 is 21.8 Å². The second-order valence-corrected chi connectivity index (χ2v) is 5.29. The third kappa shape index (κ3) is 3.07. The first-order chi connectivity index (χ1) is 8.20. The first-order valence-electron chi connectivity index (χ1n) is 5.91. The molecule has 17 heavy (non-hydrogen) atoms. The van der Waals surface area contributed by atoms with Gasteiger partial charge in [-0.1, -0.05) is 28.1 Å². The van der Waals surface area contributed by atoms with Gasteiger partial charge >= 0.3 is 0 Å². The van der Waals surface area contributed by atoms with Crippen LogP contribution in [0.2, 0.25) is 0 Å². The average Bonchev–Trinajstić information content (AvgIpc) is 2.32. The highest BCUT2D eigenvalue weighted by Gasteiger charge is 2.27. The maximum absolute atomic E-state index is 12.1. The Hall–Kier alpha value is -0.870. The van der Waals surface area contributed by atoms with Crippen LogP contribution < -0.4 is 5.32 Å². The zero-order valence-electron chi connectivity index (χ0n) is 9.95. The summed E-state index contributed by atoms with van der Waals surface area (Å²) in [7, 11) is 1.85. The van der Waals surface area contributed by atoms with Crippen LogP contribution >= 0.6 is 15.9 Å². The molecule has 1 N–H and O–H groups in total. The topological polar surface area (TPSA) is 32.3 Å². The molecule has 1 saturated heterocycles. The molecule has 0 bridgehead atoms. The first kappa shape index (κ1) is 12.6. The largest absolute Gasteiger partial charge is 0.337 e. The van der Waals surface area contributed by atoms with E-state index in [1.165, 1.54) is 5.56 Å². The summed E-state index contributed by atoms with van der Waals surface area (Å²) in [6, 6.07) is 8.12. The van der Waals surface area contributed by atoms with E-state index in [0.717, 1.165) is 23.9 Å². The van der Waals surface area contributed by atoms with Crippen molar-refractivity contribution in [1.82, 2.24) is 10.2 Å². The van der Waals surface area contributed by atoms with Crippen LogP contribution in [0.4, 0.5) is 0 Å². The van der Waals surface area contributed by atoms with E-state index in [9.17, 15) is 4.79 Å². The van der Waals surface area contributed by atoms with Gasteiger partial charge < -0.3 is 10.2 Å². The van der Waals surface area contributed by atoms with E-state index in [0.29, 0.717) is 6.54 Å². The van der Waals surface area contributed by atoms with Crippen LogP contribution in [0.15, 0.2) is 28.7 Å². The normalized spacial score (nSPS) is 20.7. The molecule has 4 heteroatoms. The number of nitrogens with zero attached hydrogens (tertiary/aromatic N) is 1. The van der Waals surface area contributed by atoms with Crippen molar-refractivity contribution in [1.29, 1.82) is 0 Å². The number of rotatable bonds is 3. The van der Waals surface area contributed by atoms with E-state index in [1.54, 1.807) is 0 Å². The quantitative estimate of drug-likeness (QED) is 0.927. The molecule has 1 aromatic carbocycles. The van der Waals surface area contributed by atoms with E-state index in [2.05, 4.69) is 33.4 Å². The van der Waals surface area contributed by atoms with Crippen LogP contribution in [0, 0.1) is 0 Å². The molecule has 2 rings (SSSR count). The molecule has 1 amide bonds. The molecule has 0 radical (unpaired) electrons. The van der Waals surface area contributed by atoms with Gasteiger partial charge in [-0.25, -0.2) is 0 Å². The lowest BCUT2D eigenvalue weighted by Gasteiger charge is -2.32. The number of likely N-dealkylation sites (N-methyl/N-ethyl adjacent to an activating group) is 1. The maximum Gasteiger partial charge on any atom is 0.239 e. The molecule has 0 saturated carbocycles. The summed E-state index contributed by atoms with van der Waals surface area (Å²) >= 11 is 3.45. The van der Waals surface area contributed by atoms with Gasteiger partial charge in [0.05, 0.1) is 6.04 Å². The lowest BCUT2D eigenvalue weighted by molar-refractivity contribution is -0.136. The monoisotopic (exact) mass is 296 g/mol. The zero-order valence-corrected chi connectivity index (χ0v) is 11.5. The molecular formula is C13H17BrN2O. The molecule has 1 aliphatic heterocycles. The predicted octanol–water partition coefficient (Wildman–Crippen LogP) is 2.16. The van der Waals surface area contributed by atoms with Crippen molar-refractivity contribution in [2.75, 3.05) is 13.6 Å². The number of piperidine rings is 1. The standard InChI is InChI=1S/C13H17BrN2O/c1-15-12-6-3-7-16(13(12)17)9-10-4-2-5-11(14)8-10/h2,4-5,8,12,15H,3,6-7,9H2,1H3. The Morgan fingerprint density at radius 3 is 3.06 bits per heavy atom. The highest BCUT2D eigenvalue weighted by atomic mass is 79.9. The lowest BCUT2D eigenvalue weighted by atomic mass is 10.0. The molecule has 0 spiro atoms. The van der Waals surface area contributed by atoms with Gasteiger partial charge in [0.15, 0.2) is 0 Å². The van der Waals surface area contributed by atoms with Crippen molar-refractivity contribution in [3.8, 4) is 0 Å². The van der Waals surface area contributed by atoms with Crippen LogP contribution in [-0.2, 0) is 11.3 Å².